The first-order valence-corrected chi connectivity index (χ1v) is 9.37. The molecule has 0 radical (unpaired) electrons. The first-order chi connectivity index (χ1) is 10.4. The Morgan fingerprint density at radius 2 is 1.73 bits per heavy atom. The summed E-state index contributed by atoms with van der Waals surface area (Å²) in [5.41, 5.74) is 2.70. The molecule has 1 aromatic carbocycles. The van der Waals surface area contributed by atoms with E-state index in [-0.39, 0.29) is 11.5 Å². The van der Waals surface area contributed by atoms with Crippen molar-refractivity contribution >= 4 is 9.84 Å². The van der Waals surface area contributed by atoms with Gasteiger partial charge in [-0.05, 0) is 30.4 Å². The van der Waals surface area contributed by atoms with Crippen molar-refractivity contribution in [2.45, 2.75) is 45.2 Å². The molecule has 2 rings (SSSR count). The highest BCUT2D eigenvalue weighted by molar-refractivity contribution is 7.89. The third-order valence-electron chi connectivity index (χ3n) is 3.42. The minimum absolute atomic E-state index is 0.0262. The lowest BCUT2D eigenvalue weighted by Gasteiger charge is -2.08. The monoisotopic (exact) mass is 321 g/mol. The summed E-state index contributed by atoms with van der Waals surface area (Å²) < 4.78 is 26.3. The zero-order valence-electron chi connectivity index (χ0n) is 13.4. The molecular formula is C16H23N3O2S. The molecule has 0 spiro atoms. The summed E-state index contributed by atoms with van der Waals surface area (Å²) in [4.78, 5) is 0. The number of aryl methyl sites for hydroxylation is 1. The summed E-state index contributed by atoms with van der Waals surface area (Å²) in [5.74, 6) is 0.613. The van der Waals surface area contributed by atoms with Gasteiger partial charge < -0.3 is 0 Å². The molecule has 0 aliphatic carbocycles. The third-order valence-corrected chi connectivity index (χ3v) is 4.93. The van der Waals surface area contributed by atoms with Crippen LogP contribution in [-0.4, -0.2) is 23.4 Å². The van der Waals surface area contributed by atoms with Gasteiger partial charge in [0.1, 0.15) is 0 Å². The number of hydrogen-bond donors (Lipinski definition) is 0. The van der Waals surface area contributed by atoms with Gasteiger partial charge in [0.2, 0.25) is 0 Å². The molecule has 0 unspecified atom stereocenters. The first kappa shape index (κ1) is 16.7. The van der Waals surface area contributed by atoms with E-state index in [0.717, 1.165) is 12.0 Å². The Kier molecular flexibility index (Phi) is 5.34. The fourth-order valence-electron chi connectivity index (χ4n) is 2.43. The van der Waals surface area contributed by atoms with Gasteiger partial charge in [0.15, 0.2) is 9.84 Å². The summed E-state index contributed by atoms with van der Waals surface area (Å²) in [6.45, 7) is 6.87. The molecule has 0 saturated carbocycles. The van der Waals surface area contributed by atoms with Crippen LogP contribution < -0.4 is 0 Å². The molecule has 0 bridgehead atoms. The molecule has 2 aromatic rings. The van der Waals surface area contributed by atoms with Gasteiger partial charge in [0, 0.05) is 6.54 Å². The highest BCUT2D eigenvalue weighted by atomic mass is 32.2. The van der Waals surface area contributed by atoms with Gasteiger partial charge in [-0.3, -0.25) is 0 Å². The molecule has 0 N–H and O–H groups in total. The van der Waals surface area contributed by atoms with Crippen LogP contribution in [0.2, 0.25) is 0 Å². The van der Waals surface area contributed by atoms with Gasteiger partial charge in [-0.1, -0.05) is 43.3 Å². The van der Waals surface area contributed by atoms with Gasteiger partial charge in [-0.15, -0.1) is 5.10 Å². The largest absolute Gasteiger partial charge is 0.249 e. The predicted molar refractivity (Wildman–Crippen MR) is 87.0 cm³/mol. The quantitative estimate of drug-likeness (QED) is 0.786. The second-order valence-corrected chi connectivity index (χ2v) is 8.05. The summed E-state index contributed by atoms with van der Waals surface area (Å²) >= 11 is 0. The standard InChI is InChI=1S/C16H23N3O2S/c1-4-19-16(10-17-18-19)12-22(20,21)11-15-7-5-14(6-8-15)9-13(2)3/h5-8,10,13H,4,9,11-12H2,1-3H3. The van der Waals surface area contributed by atoms with Crippen molar-refractivity contribution in [3.05, 3.63) is 47.3 Å². The van der Waals surface area contributed by atoms with E-state index >= 15 is 0 Å². The summed E-state index contributed by atoms with van der Waals surface area (Å²) in [6, 6.07) is 7.85. The number of benzene rings is 1. The lowest BCUT2D eigenvalue weighted by atomic mass is 10.0. The Labute approximate surface area is 132 Å². The third kappa shape index (κ3) is 4.66. The van der Waals surface area contributed by atoms with Crippen LogP contribution in [0.4, 0.5) is 0 Å². The van der Waals surface area contributed by atoms with Gasteiger partial charge in [-0.2, -0.15) is 0 Å². The van der Waals surface area contributed by atoms with E-state index in [1.807, 2.05) is 31.2 Å². The van der Waals surface area contributed by atoms with Crippen LogP contribution in [0.25, 0.3) is 0 Å². The van der Waals surface area contributed by atoms with Crippen LogP contribution in [-0.2, 0) is 34.3 Å². The number of rotatable bonds is 7. The predicted octanol–water partition coefficient (Wildman–Crippen LogP) is 2.61. The first-order valence-electron chi connectivity index (χ1n) is 7.55. The fourth-order valence-corrected chi connectivity index (χ4v) is 3.91. The van der Waals surface area contributed by atoms with Gasteiger partial charge in [-0.25, -0.2) is 13.1 Å². The molecule has 0 fully saturated rings. The van der Waals surface area contributed by atoms with Gasteiger partial charge in [0.05, 0.1) is 23.4 Å². The van der Waals surface area contributed by atoms with Crippen molar-refractivity contribution in [1.82, 2.24) is 15.0 Å². The molecule has 0 aliphatic rings. The van der Waals surface area contributed by atoms with Crippen LogP contribution in [0.1, 0.15) is 37.6 Å². The normalized spacial score (nSPS) is 12.0. The maximum Gasteiger partial charge on any atom is 0.160 e. The van der Waals surface area contributed by atoms with E-state index in [9.17, 15) is 8.42 Å². The van der Waals surface area contributed by atoms with E-state index in [2.05, 4.69) is 24.2 Å². The Hall–Kier alpha value is -1.69. The molecule has 1 aromatic heterocycles. The Morgan fingerprint density at radius 1 is 1.09 bits per heavy atom. The maximum atomic E-state index is 12.3. The molecule has 0 saturated heterocycles. The fraction of sp³-hybridized carbons (Fsp3) is 0.500. The second kappa shape index (κ2) is 7.05. The highest BCUT2D eigenvalue weighted by Gasteiger charge is 2.16. The zero-order valence-corrected chi connectivity index (χ0v) is 14.2. The molecule has 22 heavy (non-hydrogen) atoms. The van der Waals surface area contributed by atoms with E-state index in [4.69, 9.17) is 0 Å². The van der Waals surface area contributed by atoms with Crippen LogP contribution in [0.15, 0.2) is 30.5 Å². The smallest absolute Gasteiger partial charge is 0.160 e. The maximum absolute atomic E-state index is 12.3. The van der Waals surface area contributed by atoms with Crippen LogP contribution in [0, 0.1) is 5.92 Å². The van der Waals surface area contributed by atoms with Crippen molar-refractivity contribution < 1.29 is 8.42 Å². The summed E-state index contributed by atoms with van der Waals surface area (Å²) in [5, 5.41) is 7.64. The van der Waals surface area contributed by atoms with Crippen molar-refractivity contribution in [2.24, 2.45) is 5.92 Å². The van der Waals surface area contributed by atoms with E-state index in [1.54, 1.807) is 4.68 Å². The Bertz CT molecular complexity index is 703. The van der Waals surface area contributed by atoms with E-state index in [0.29, 0.717) is 18.2 Å². The lowest BCUT2D eigenvalue weighted by Crippen LogP contribution is -2.12. The average Bonchev–Trinajstić information content (AvgIpc) is 2.86. The SMILES string of the molecule is CCn1nncc1CS(=O)(=O)Cc1ccc(CC(C)C)cc1. The van der Waals surface area contributed by atoms with E-state index in [1.165, 1.54) is 11.8 Å². The van der Waals surface area contributed by atoms with Crippen molar-refractivity contribution in [3.63, 3.8) is 0 Å². The van der Waals surface area contributed by atoms with Crippen molar-refractivity contribution in [1.29, 1.82) is 0 Å². The second-order valence-electron chi connectivity index (χ2n) is 5.99. The molecule has 0 amide bonds. The molecule has 5 nitrogen and oxygen atoms in total. The summed E-state index contributed by atoms with van der Waals surface area (Å²) in [7, 11) is -3.23. The topological polar surface area (TPSA) is 64.8 Å². The minimum Gasteiger partial charge on any atom is -0.249 e. The summed E-state index contributed by atoms with van der Waals surface area (Å²) in [6.07, 6.45) is 2.53. The van der Waals surface area contributed by atoms with Crippen LogP contribution in [0.5, 0.6) is 0 Å². The van der Waals surface area contributed by atoms with Gasteiger partial charge in [0.25, 0.3) is 0 Å². The molecular weight excluding hydrogens is 298 g/mol. The lowest BCUT2D eigenvalue weighted by molar-refractivity contribution is 0.581. The van der Waals surface area contributed by atoms with Crippen molar-refractivity contribution in [2.75, 3.05) is 0 Å². The number of hydrogen-bond acceptors (Lipinski definition) is 4. The molecule has 0 atom stereocenters. The average molecular weight is 321 g/mol. The number of sulfone groups is 1. The molecule has 120 valence electrons. The zero-order chi connectivity index (χ0) is 16.2. The minimum atomic E-state index is -3.23. The van der Waals surface area contributed by atoms with Crippen molar-refractivity contribution in [3.8, 4) is 0 Å². The molecule has 1 heterocycles. The number of nitrogens with zero attached hydrogens (tertiary/aromatic N) is 3. The van der Waals surface area contributed by atoms with Crippen LogP contribution >= 0.6 is 0 Å². The molecule has 0 aliphatic heterocycles. The Balaban J connectivity index is 2.05. The van der Waals surface area contributed by atoms with Crippen LogP contribution in [0.3, 0.4) is 0 Å². The van der Waals surface area contributed by atoms with Gasteiger partial charge >= 0.3 is 0 Å². The molecule has 6 heteroatoms. The van der Waals surface area contributed by atoms with E-state index < -0.39 is 9.84 Å². The highest BCUT2D eigenvalue weighted by Crippen LogP contribution is 2.14. The Morgan fingerprint density at radius 3 is 2.32 bits per heavy atom. The number of aromatic nitrogens is 3.